The van der Waals surface area contributed by atoms with Crippen LogP contribution in [-0.2, 0) is 4.79 Å². The molecule has 0 saturated carbocycles. The number of benzene rings is 2. The molecule has 1 N–H and O–H groups in total. The molecule has 0 bridgehead atoms. The van der Waals surface area contributed by atoms with Crippen LogP contribution in [0.2, 0.25) is 0 Å². The van der Waals surface area contributed by atoms with Gasteiger partial charge in [0.1, 0.15) is 5.75 Å². The Morgan fingerprint density at radius 3 is 2.48 bits per heavy atom. The number of aryl methyl sites for hydroxylation is 2. The average Bonchev–Trinajstić information content (AvgIpc) is 2.47. The maximum absolute atomic E-state index is 11.9. The first-order valence-electron chi connectivity index (χ1n) is 6.72. The lowest BCUT2D eigenvalue weighted by Crippen LogP contribution is -2.20. The zero-order valence-corrected chi connectivity index (χ0v) is 13.3. The van der Waals surface area contributed by atoms with Crippen molar-refractivity contribution in [3.05, 3.63) is 53.6 Å². The molecular weight excluding hydrogens is 282 g/mol. The second-order valence-electron chi connectivity index (χ2n) is 4.83. The number of carbonyl (C=O) groups excluding carboxylic acids is 1. The molecule has 0 aliphatic carbocycles. The molecule has 0 atom stereocenters. The molecule has 4 heteroatoms. The lowest BCUT2D eigenvalue weighted by Gasteiger charge is -2.10. The Balaban J connectivity index is 1.89. The van der Waals surface area contributed by atoms with Gasteiger partial charge in [-0.05, 0) is 56.0 Å². The highest BCUT2D eigenvalue weighted by molar-refractivity contribution is 7.98. The van der Waals surface area contributed by atoms with E-state index in [0.29, 0.717) is 0 Å². The van der Waals surface area contributed by atoms with E-state index in [9.17, 15) is 4.79 Å². The molecule has 1 amide bonds. The fraction of sp³-hybridized carbons (Fsp3) is 0.235. The van der Waals surface area contributed by atoms with E-state index in [1.807, 2.05) is 62.6 Å². The van der Waals surface area contributed by atoms with Gasteiger partial charge in [0, 0.05) is 10.6 Å². The number of ether oxygens (including phenoxy) is 1. The van der Waals surface area contributed by atoms with Crippen molar-refractivity contribution in [3.63, 3.8) is 0 Å². The fourth-order valence-corrected chi connectivity index (χ4v) is 2.38. The van der Waals surface area contributed by atoms with Crippen molar-refractivity contribution in [3.8, 4) is 5.75 Å². The molecule has 0 aliphatic heterocycles. The van der Waals surface area contributed by atoms with Gasteiger partial charge in [0.15, 0.2) is 6.61 Å². The van der Waals surface area contributed by atoms with Crippen molar-refractivity contribution in [2.45, 2.75) is 18.7 Å². The molecule has 0 spiro atoms. The highest BCUT2D eigenvalue weighted by Gasteiger charge is 2.05. The third kappa shape index (κ3) is 4.53. The Morgan fingerprint density at radius 1 is 1.14 bits per heavy atom. The molecule has 110 valence electrons. The van der Waals surface area contributed by atoms with Crippen molar-refractivity contribution in [2.24, 2.45) is 0 Å². The van der Waals surface area contributed by atoms with Crippen molar-refractivity contribution < 1.29 is 9.53 Å². The van der Waals surface area contributed by atoms with Crippen molar-refractivity contribution in [1.82, 2.24) is 0 Å². The van der Waals surface area contributed by atoms with Crippen molar-refractivity contribution in [1.29, 1.82) is 0 Å². The van der Waals surface area contributed by atoms with Gasteiger partial charge >= 0.3 is 0 Å². The van der Waals surface area contributed by atoms with E-state index in [4.69, 9.17) is 4.74 Å². The molecule has 2 aromatic rings. The van der Waals surface area contributed by atoms with E-state index in [2.05, 4.69) is 5.32 Å². The number of hydrogen-bond acceptors (Lipinski definition) is 3. The highest BCUT2D eigenvalue weighted by Crippen LogP contribution is 2.19. The van der Waals surface area contributed by atoms with Crippen LogP contribution in [0.3, 0.4) is 0 Å². The molecule has 0 aliphatic rings. The molecule has 0 aromatic heterocycles. The standard InChI is InChI=1S/C17H19NO2S/c1-12-4-9-16(13(2)10-12)20-11-17(19)18-14-5-7-15(21-3)8-6-14/h4-10H,11H2,1-3H3,(H,18,19). The Kier molecular flexibility index (Phi) is 5.28. The van der Waals surface area contributed by atoms with Crippen molar-refractivity contribution >= 4 is 23.4 Å². The zero-order valence-electron chi connectivity index (χ0n) is 12.5. The number of nitrogens with one attached hydrogen (secondary N) is 1. The second-order valence-corrected chi connectivity index (χ2v) is 5.71. The molecule has 0 saturated heterocycles. The van der Waals surface area contributed by atoms with Gasteiger partial charge in [0.05, 0.1) is 0 Å². The summed E-state index contributed by atoms with van der Waals surface area (Å²) in [7, 11) is 0. The predicted octanol–water partition coefficient (Wildman–Crippen LogP) is 4.04. The van der Waals surface area contributed by atoms with Gasteiger partial charge in [-0.25, -0.2) is 0 Å². The van der Waals surface area contributed by atoms with E-state index in [1.165, 1.54) is 10.5 Å². The van der Waals surface area contributed by atoms with Gasteiger partial charge in [0.2, 0.25) is 0 Å². The second kappa shape index (κ2) is 7.18. The van der Waals surface area contributed by atoms with Crippen LogP contribution in [0.5, 0.6) is 5.75 Å². The quantitative estimate of drug-likeness (QED) is 0.847. The molecule has 2 rings (SSSR count). The summed E-state index contributed by atoms with van der Waals surface area (Å²) in [5, 5.41) is 2.82. The Morgan fingerprint density at radius 2 is 1.86 bits per heavy atom. The molecule has 0 fully saturated rings. The smallest absolute Gasteiger partial charge is 0.262 e. The van der Waals surface area contributed by atoms with E-state index >= 15 is 0 Å². The topological polar surface area (TPSA) is 38.3 Å². The third-order valence-electron chi connectivity index (χ3n) is 3.06. The number of hydrogen-bond donors (Lipinski definition) is 1. The summed E-state index contributed by atoms with van der Waals surface area (Å²) in [5.41, 5.74) is 2.99. The molecule has 3 nitrogen and oxygen atoms in total. The molecule has 0 radical (unpaired) electrons. The monoisotopic (exact) mass is 301 g/mol. The zero-order chi connectivity index (χ0) is 15.2. The summed E-state index contributed by atoms with van der Waals surface area (Å²) >= 11 is 1.67. The van der Waals surface area contributed by atoms with E-state index in [0.717, 1.165) is 17.0 Å². The minimum absolute atomic E-state index is 0.00812. The minimum Gasteiger partial charge on any atom is -0.483 e. The summed E-state index contributed by atoms with van der Waals surface area (Å²) in [5.74, 6) is 0.584. The van der Waals surface area contributed by atoms with Crippen LogP contribution in [0.1, 0.15) is 11.1 Å². The van der Waals surface area contributed by atoms with Gasteiger partial charge in [-0.15, -0.1) is 11.8 Å². The molecular formula is C17H19NO2S. The lowest BCUT2D eigenvalue weighted by atomic mass is 10.1. The van der Waals surface area contributed by atoms with Crippen LogP contribution < -0.4 is 10.1 Å². The maximum atomic E-state index is 11.9. The maximum Gasteiger partial charge on any atom is 0.262 e. The van der Waals surface area contributed by atoms with Crippen LogP contribution in [-0.4, -0.2) is 18.8 Å². The van der Waals surface area contributed by atoms with Crippen molar-refractivity contribution in [2.75, 3.05) is 18.2 Å². The molecule has 0 unspecified atom stereocenters. The van der Waals surface area contributed by atoms with E-state index in [1.54, 1.807) is 11.8 Å². The number of carbonyl (C=O) groups is 1. The van der Waals surface area contributed by atoms with Gasteiger partial charge in [0.25, 0.3) is 5.91 Å². The van der Waals surface area contributed by atoms with Crippen LogP contribution in [0.15, 0.2) is 47.4 Å². The first-order chi connectivity index (χ1) is 10.1. The summed E-state index contributed by atoms with van der Waals surface area (Å²) < 4.78 is 5.55. The van der Waals surface area contributed by atoms with Gasteiger partial charge in [-0.3, -0.25) is 4.79 Å². The Hall–Kier alpha value is -1.94. The number of amides is 1. The fourth-order valence-electron chi connectivity index (χ4n) is 1.98. The third-order valence-corrected chi connectivity index (χ3v) is 3.81. The van der Waals surface area contributed by atoms with Crippen LogP contribution in [0.4, 0.5) is 5.69 Å². The Labute approximate surface area is 129 Å². The van der Waals surface area contributed by atoms with E-state index < -0.39 is 0 Å². The number of thioether (sulfide) groups is 1. The van der Waals surface area contributed by atoms with Crippen LogP contribution in [0.25, 0.3) is 0 Å². The van der Waals surface area contributed by atoms with Crippen LogP contribution >= 0.6 is 11.8 Å². The molecule has 21 heavy (non-hydrogen) atoms. The van der Waals surface area contributed by atoms with Crippen LogP contribution in [0, 0.1) is 13.8 Å². The first-order valence-corrected chi connectivity index (χ1v) is 7.95. The van der Waals surface area contributed by atoms with Gasteiger partial charge in [-0.1, -0.05) is 17.7 Å². The van der Waals surface area contributed by atoms with E-state index in [-0.39, 0.29) is 12.5 Å². The summed E-state index contributed by atoms with van der Waals surface area (Å²) in [6, 6.07) is 13.6. The normalized spacial score (nSPS) is 10.2. The first kappa shape index (κ1) is 15.4. The average molecular weight is 301 g/mol. The number of anilines is 1. The largest absolute Gasteiger partial charge is 0.483 e. The Bertz CT molecular complexity index is 623. The number of rotatable bonds is 5. The highest BCUT2D eigenvalue weighted by atomic mass is 32.2. The predicted molar refractivity (Wildman–Crippen MR) is 88.3 cm³/mol. The van der Waals surface area contributed by atoms with Gasteiger partial charge < -0.3 is 10.1 Å². The summed E-state index contributed by atoms with van der Waals surface area (Å²) in [6.45, 7) is 4.01. The molecule has 0 heterocycles. The summed E-state index contributed by atoms with van der Waals surface area (Å²) in [6.07, 6.45) is 2.02. The summed E-state index contributed by atoms with van der Waals surface area (Å²) in [4.78, 5) is 13.0. The van der Waals surface area contributed by atoms with Gasteiger partial charge in [-0.2, -0.15) is 0 Å². The SMILES string of the molecule is CSc1ccc(NC(=O)COc2ccc(C)cc2C)cc1. The minimum atomic E-state index is -0.160. The lowest BCUT2D eigenvalue weighted by molar-refractivity contribution is -0.118. The molecule has 2 aromatic carbocycles.